The van der Waals surface area contributed by atoms with Gasteiger partial charge in [-0.25, -0.2) is 19.6 Å². The van der Waals surface area contributed by atoms with Crippen molar-refractivity contribution in [3.63, 3.8) is 0 Å². The van der Waals surface area contributed by atoms with E-state index in [2.05, 4.69) is 0 Å². The van der Waals surface area contributed by atoms with Crippen LogP contribution in [-0.4, -0.2) is 53.4 Å². The maximum absolute atomic E-state index is 11.7. The zero-order valence-corrected chi connectivity index (χ0v) is 12.1. The first kappa shape index (κ1) is 15.3. The Morgan fingerprint density at radius 1 is 1.33 bits per heavy atom. The smallest absolute Gasteiger partial charge is 0.424 e. The molecule has 0 unspecified atom stereocenters. The van der Waals surface area contributed by atoms with Crippen LogP contribution in [0.1, 0.15) is 29.3 Å². The Hall–Kier alpha value is -2.08. The molecule has 1 fully saturated rings. The number of cyclic esters (lactones) is 1. The number of carboxylic acids is 1. The van der Waals surface area contributed by atoms with Gasteiger partial charge in [0.15, 0.2) is 0 Å². The summed E-state index contributed by atoms with van der Waals surface area (Å²) >= 11 is 0. The Balaban J connectivity index is 1.85. The molecule has 6 nitrogen and oxygen atoms in total. The van der Waals surface area contributed by atoms with Gasteiger partial charge >= 0.3 is 12.1 Å². The van der Waals surface area contributed by atoms with Gasteiger partial charge in [0.25, 0.3) is 0 Å². The molecule has 0 atom stereocenters. The second-order valence-electron chi connectivity index (χ2n) is 4.89. The van der Waals surface area contributed by atoms with Gasteiger partial charge in [0.1, 0.15) is 6.61 Å². The number of hydrogen-bond donors (Lipinski definition) is 1. The average molecular weight is 292 g/mol. The van der Waals surface area contributed by atoms with E-state index in [1.165, 1.54) is 0 Å². The molecular formula is C15H20N2O4. The number of aryl methyl sites for hydroxylation is 1. The minimum atomic E-state index is -0.920. The fraction of sp³-hybridized carbons (Fsp3) is 0.467. The number of nitrogens with zero attached hydrogens (tertiary/aromatic N) is 2. The summed E-state index contributed by atoms with van der Waals surface area (Å²) in [5.41, 5.74) is 1.35. The van der Waals surface area contributed by atoms with Crippen LogP contribution < -0.4 is 0 Å². The fourth-order valence-corrected chi connectivity index (χ4v) is 2.36. The van der Waals surface area contributed by atoms with E-state index in [1.54, 1.807) is 17.1 Å². The summed E-state index contributed by atoms with van der Waals surface area (Å²) in [6.07, 6.45) is 1.31. The van der Waals surface area contributed by atoms with E-state index in [0.717, 1.165) is 31.5 Å². The van der Waals surface area contributed by atoms with Gasteiger partial charge in [-0.1, -0.05) is 19.1 Å². The number of aromatic carboxylic acids is 1. The molecule has 0 aliphatic carbocycles. The normalized spacial score (nSPS) is 15.9. The molecule has 1 aliphatic rings. The summed E-state index contributed by atoms with van der Waals surface area (Å²) < 4.78 is 5.05. The first-order valence-corrected chi connectivity index (χ1v) is 7.13. The number of carbonyl (C=O) groups is 2. The molecule has 2 rings (SSSR count). The molecule has 114 valence electrons. The van der Waals surface area contributed by atoms with Crippen LogP contribution in [0, 0.1) is 0 Å². The van der Waals surface area contributed by atoms with Gasteiger partial charge in [-0.3, -0.25) is 0 Å². The van der Waals surface area contributed by atoms with E-state index < -0.39 is 5.97 Å². The fourth-order valence-electron chi connectivity index (χ4n) is 2.36. The molecule has 1 heterocycles. The molecule has 0 spiro atoms. The number of hydrogen-bond acceptors (Lipinski definition) is 4. The van der Waals surface area contributed by atoms with E-state index >= 15 is 0 Å². The number of carbonyl (C=O) groups excluding carboxylic acids is 1. The summed E-state index contributed by atoms with van der Waals surface area (Å²) in [6, 6.07) is 6.83. The van der Waals surface area contributed by atoms with Gasteiger partial charge in [-0.05, 0) is 30.5 Å². The Morgan fingerprint density at radius 3 is 2.67 bits per heavy atom. The van der Waals surface area contributed by atoms with E-state index in [9.17, 15) is 9.59 Å². The van der Waals surface area contributed by atoms with E-state index in [-0.39, 0.29) is 11.7 Å². The van der Waals surface area contributed by atoms with E-state index in [1.807, 2.05) is 24.1 Å². The highest BCUT2D eigenvalue weighted by Crippen LogP contribution is 2.11. The predicted octanol–water partition coefficient (Wildman–Crippen LogP) is 2.01. The van der Waals surface area contributed by atoms with Gasteiger partial charge in [0, 0.05) is 13.1 Å². The molecule has 0 bridgehead atoms. The van der Waals surface area contributed by atoms with Crippen molar-refractivity contribution in [3.8, 4) is 0 Å². The molecule has 1 amide bonds. The van der Waals surface area contributed by atoms with Crippen LogP contribution in [0.25, 0.3) is 0 Å². The van der Waals surface area contributed by atoms with Gasteiger partial charge in [0.05, 0.1) is 12.1 Å². The molecule has 1 aromatic rings. The SMILES string of the molecule is CCN1CCOC(=O)N1CCCc1ccc(C(=O)O)cc1. The number of benzene rings is 1. The highest BCUT2D eigenvalue weighted by Gasteiger charge is 2.25. The monoisotopic (exact) mass is 292 g/mol. The van der Waals surface area contributed by atoms with Crippen LogP contribution in [-0.2, 0) is 11.2 Å². The second kappa shape index (κ2) is 7.08. The van der Waals surface area contributed by atoms with Crippen molar-refractivity contribution in [3.05, 3.63) is 35.4 Å². The number of ether oxygens (including phenoxy) is 1. The minimum Gasteiger partial charge on any atom is -0.478 e. The van der Waals surface area contributed by atoms with Crippen molar-refractivity contribution in [1.82, 2.24) is 10.0 Å². The highest BCUT2D eigenvalue weighted by atomic mass is 16.6. The largest absolute Gasteiger partial charge is 0.478 e. The quantitative estimate of drug-likeness (QED) is 0.868. The maximum Gasteiger partial charge on any atom is 0.424 e. The Kier molecular flexibility index (Phi) is 5.16. The first-order chi connectivity index (χ1) is 10.1. The Bertz CT molecular complexity index is 501. The van der Waals surface area contributed by atoms with Crippen molar-refractivity contribution in [2.75, 3.05) is 26.2 Å². The van der Waals surface area contributed by atoms with Crippen molar-refractivity contribution in [2.45, 2.75) is 19.8 Å². The summed E-state index contributed by atoms with van der Waals surface area (Å²) in [5, 5.41) is 12.5. The van der Waals surface area contributed by atoms with Crippen molar-refractivity contribution >= 4 is 12.1 Å². The Morgan fingerprint density at radius 2 is 2.05 bits per heavy atom. The predicted molar refractivity (Wildman–Crippen MR) is 77.0 cm³/mol. The number of rotatable bonds is 6. The maximum atomic E-state index is 11.7. The minimum absolute atomic E-state index is 0.288. The molecule has 6 heteroatoms. The number of likely N-dealkylation sites (N-methyl/N-ethyl adjacent to an activating group) is 1. The Labute approximate surface area is 123 Å². The lowest BCUT2D eigenvalue weighted by atomic mass is 10.1. The van der Waals surface area contributed by atoms with E-state index in [0.29, 0.717) is 13.2 Å². The third-order valence-electron chi connectivity index (χ3n) is 3.53. The van der Waals surface area contributed by atoms with Gasteiger partial charge < -0.3 is 9.84 Å². The van der Waals surface area contributed by atoms with Crippen molar-refractivity contribution in [1.29, 1.82) is 0 Å². The molecule has 1 aliphatic heterocycles. The topological polar surface area (TPSA) is 70.1 Å². The van der Waals surface area contributed by atoms with Gasteiger partial charge in [0.2, 0.25) is 0 Å². The molecule has 1 N–H and O–H groups in total. The zero-order chi connectivity index (χ0) is 15.2. The first-order valence-electron chi connectivity index (χ1n) is 7.13. The molecule has 1 aromatic carbocycles. The van der Waals surface area contributed by atoms with Crippen LogP contribution in [0.2, 0.25) is 0 Å². The lowest BCUT2D eigenvalue weighted by Crippen LogP contribution is -2.52. The second-order valence-corrected chi connectivity index (χ2v) is 4.89. The van der Waals surface area contributed by atoms with Gasteiger partial charge in [-0.15, -0.1) is 0 Å². The third-order valence-corrected chi connectivity index (χ3v) is 3.53. The lowest BCUT2D eigenvalue weighted by molar-refractivity contribution is -0.0654. The third kappa shape index (κ3) is 3.95. The molecule has 0 radical (unpaired) electrons. The number of hydrazine groups is 1. The average Bonchev–Trinajstić information content (AvgIpc) is 2.49. The van der Waals surface area contributed by atoms with Crippen LogP contribution in [0.15, 0.2) is 24.3 Å². The summed E-state index contributed by atoms with van der Waals surface area (Å²) in [7, 11) is 0. The van der Waals surface area contributed by atoms with Crippen molar-refractivity contribution in [2.24, 2.45) is 0 Å². The summed E-state index contributed by atoms with van der Waals surface area (Å²) in [5.74, 6) is -0.920. The molecular weight excluding hydrogens is 272 g/mol. The number of carboxylic acid groups (broad SMARTS) is 1. The van der Waals surface area contributed by atoms with Crippen molar-refractivity contribution < 1.29 is 19.4 Å². The standard InChI is InChI=1S/C15H20N2O4/c1-2-16-10-11-21-15(20)17(16)9-3-4-12-5-7-13(8-6-12)14(18)19/h5-8H,2-4,9-11H2,1H3,(H,18,19). The van der Waals surface area contributed by atoms with Crippen LogP contribution in [0.4, 0.5) is 4.79 Å². The van der Waals surface area contributed by atoms with E-state index in [4.69, 9.17) is 9.84 Å². The molecule has 21 heavy (non-hydrogen) atoms. The number of amides is 1. The molecule has 0 saturated carbocycles. The highest BCUT2D eigenvalue weighted by molar-refractivity contribution is 5.87. The van der Waals surface area contributed by atoms with Crippen LogP contribution >= 0.6 is 0 Å². The zero-order valence-electron chi connectivity index (χ0n) is 12.1. The van der Waals surface area contributed by atoms with Crippen LogP contribution in [0.5, 0.6) is 0 Å². The van der Waals surface area contributed by atoms with Gasteiger partial charge in [-0.2, -0.15) is 0 Å². The lowest BCUT2D eigenvalue weighted by Gasteiger charge is -2.37. The summed E-state index contributed by atoms with van der Waals surface area (Å²) in [6.45, 7) is 4.57. The van der Waals surface area contributed by atoms with Crippen LogP contribution in [0.3, 0.4) is 0 Å². The molecule has 0 aromatic heterocycles. The molecule has 1 saturated heterocycles. The summed E-state index contributed by atoms with van der Waals surface area (Å²) in [4.78, 5) is 22.5.